The Balaban J connectivity index is 0.951. The fraction of sp³-hybridized carbons (Fsp3) is 0.562. The van der Waals surface area contributed by atoms with Crippen molar-refractivity contribution >= 4 is 23.2 Å². The molecule has 3 saturated heterocycles. The minimum atomic E-state index is 0.0606. The zero-order chi connectivity index (χ0) is 27.3. The Morgan fingerprint density at radius 2 is 1.82 bits per heavy atom. The number of nitrogens with zero attached hydrogens (tertiary/aromatic N) is 4. The van der Waals surface area contributed by atoms with Gasteiger partial charge in [0.15, 0.2) is 0 Å². The summed E-state index contributed by atoms with van der Waals surface area (Å²) in [6.45, 7) is 7.88. The molecule has 1 amide bonds. The van der Waals surface area contributed by atoms with Crippen LogP contribution in [0.1, 0.15) is 54.4 Å². The monoisotopic (exact) mass is 559 g/mol. The van der Waals surface area contributed by atoms with Crippen molar-refractivity contribution in [2.45, 2.75) is 56.7 Å². The number of amides is 1. The predicted molar refractivity (Wildman–Crippen MR) is 156 cm³/mol. The molecule has 0 radical (unpaired) electrons. The Kier molecular flexibility index (Phi) is 6.90. The fourth-order valence-electron chi connectivity index (χ4n) is 8.15. The lowest BCUT2D eigenvalue weighted by Crippen LogP contribution is -2.75. The van der Waals surface area contributed by atoms with Crippen molar-refractivity contribution in [3.8, 4) is 11.8 Å². The maximum absolute atomic E-state index is 13.7. The number of piperidine rings is 2. The molecule has 4 atom stereocenters. The smallest absolute Gasteiger partial charge is 0.254 e. The number of likely N-dealkylation sites (tertiary alicyclic amines) is 1. The molecule has 2 aromatic rings. The fourth-order valence-corrected chi connectivity index (χ4v) is 8.36. The minimum Gasteiger partial charge on any atom is -0.490 e. The maximum atomic E-state index is 13.7. The number of hydrogen-bond donors (Lipinski definition) is 1. The zero-order valence-electron chi connectivity index (χ0n) is 23.0. The van der Waals surface area contributed by atoms with Crippen LogP contribution in [-0.2, 0) is 0 Å². The second-order valence-electron chi connectivity index (χ2n) is 12.5. The highest BCUT2D eigenvalue weighted by Gasteiger charge is 2.71. The van der Waals surface area contributed by atoms with E-state index in [4.69, 9.17) is 21.6 Å². The summed E-state index contributed by atoms with van der Waals surface area (Å²) >= 11 is 6.22. The first-order chi connectivity index (χ1) is 19.5. The first-order valence-corrected chi connectivity index (χ1v) is 15.4. The third-order valence-electron chi connectivity index (χ3n) is 10.4. The van der Waals surface area contributed by atoms with Gasteiger partial charge in [0.05, 0.1) is 10.6 Å². The van der Waals surface area contributed by atoms with Crippen LogP contribution in [0.5, 0.6) is 5.75 Å². The minimum absolute atomic E-state index is 0.0606. The number of benzene rings is 2. The highest BCUT2D eigenvalue weighted by atomic mass is 35.5. The lowest BCUT2D eigenvalue weighted by atomic mass is 9.53. The molecule has 1 spiro atoms. The molecule has 3 aliphatic heterocycles. The number of rotatable bonds is 6. The molecule has 2 saturated carbocycles. The van der Waals surface area contributed by atoms with Crippen LogP contribution in [0.4, 0.5) is 5.69 Å². The molecule has 7 rings (SSSR count). The highest BCUT2D eigenvalue weighted by molar-refractivity contribution is 6.31. The molecule has 0 bridgehead atoms. The highest BCUT2D eigenvalue weighted by Crippen LogP contribution is 2.65. The second-order valence-corrected chi connectivity index (χ2v) is 12.9. The van der Waals surface area contributed by atoms with E-state index in [0.29, 0.717) is 22.4 Å². The summed E-state index contributed by atoms with van der Waals surface area (Å²) in [5.41, 5.74) is 2.67. The van der Waals surface area contributed by atoms with E-state index in [0.717, 1.165) is 70.0 Å². The maximum Gasteiger partial charge on any atom is 0.254 e. The lowest BCUT2D eigenvalue weighted by Gasteiger charge is -2.68. The van der Waals surface area contributed by atoms with Gasteiger partial charge in [0.25, 0.3) is 5.91 Å². The van der Waals surface area contributed by atoms with E-state index in [2.05, 4.69) is 38.2 Å². The molecule has 7 nitrogen and oxygen atoms in total. The van der Waals surface area contributed by atoms with Crippen molar-refractivity contribution in [2.24, 2.45) is 11.3 Å². The van der Waals surface area contributed by atoms with Gasteiger partial charge in [0.2, 0.25) is 0 Å². The van der Waals surface area contributed by atoms with Crippen LogP contribution < -0.4 is 15.0 Å². The van der Waals surface area contributed by atoms with Gasteiger partial charge in [-0.05, 0) is 87.5 Å². The summed E-state index contributed by atoms with van der Waals surface area (Å²) in [4.78, 5) is 20.9. The molecule has 8 heteroatoms. The van der Waals surface area contributed by atoms with Crippen LogP contribution in [0.25, 0.3) is 0 Å². The van der Waals surface area contributed by atoms with E-state index in [1.807, 2.05) is 18.2 Å². The molecule has 1 N–H and O–H groups in total. The number of halogens is 1. The Morgan fingerprint density at radius 3 is 2.50 bits per heavy atom. The van der Waals surface area contributed by atoms with Crippen molar-refractivity contribution in [3.05, 3.63) is 58.6 Å². The van der Waals surface area contributed by atoms with Gasteiger partial charge < -0.3 is 19.9 Å². The summed E-state index contributed by atoms with van der Waals surface area (Å²) in [6.07, 6.45) is 6.74. The number of hydrogen-bond acceptors (Lipinski definition) is 6. The molecule has 5 aliphatic rings. The first-order valence-electron chi connectivity index (χ1n) is 15.0. The first kappa shape index (κ1) is 26.1. The molecule has 2 aromatic carbocycles. The van der Waals surface area contributed by atoms with E-state index >= 15 is 0 Å². The van der Waals surface area contributed by atoms with E-state index in [9.17, 15) is 4.79 Å². The largest absolute Gasteiger partial charge is 0.490 e. The van der Waals surface area contributed by atoms with Gasteiger partial charge in [-0.1, -0.05) is 11.6 Å². The van der Waals surface area contributed by atoms with Gasteiger partial charge in [-0.15, -0.1) is 0 Å². The Bertz CT molecular complexity index is 1300. The molecule has 4 unspecified atom stereocenters. The summed E-state index contributed by atoms with van der Waals surface area (Å²) in [6, 6.07) is 16.3. The third-order valence-corrected chi connectivity index (χ3v) is 10.7. The van der Waals surface area contributed by atoms with Gasteiger partial charge in [-0.2, -0.15) is 5.26 Å². The molecule has 2 aliphatic carbocycles. The molecule has 40 heavy (non-hydrogen) atoms. The van der Waals surface area contributed by atoms with Gasteiger partial charge in [-0.25, -0.2) is 0 Å². The number of anilines is 1. The quantitative estimate of drug-likeness (QED) is 0.560. The van der Waals surface area contributed by atoms with Gasteiger partial charge >= 0.3 is 0 Å². The second kappa shape index (κ2) is 10.6. The molecule has 210 valence electrons. The number of nitrogens with one attached hydrogen (secondary N) is 1. The van der Waals surface area contributed by atoms with E-state index in [-0.39, 0.29) is 23.5 Å². The van der Waals surface area contributed by atoms with Crippen molar-refractivity contribution in [3.63, 3.8) is 0 Å². The Morgan fingerprint density at radius 1 is 1.05 bits per heavy atom. The lowest BCUT2D eigenvalue weighted by molar-refractivity contribution is -0.161. The zero-order valence-corrected chi connectivity index (χ0v) is 23.8. The Hall–Kier alpha value is -2.79. The van der Waals surface area contributed by atoms with Crippen molar-refractivity contribution in [1.29, 1.82) is 5.26 Å². The topological polar surface area (TPSA) is 71.8 Å². The molecule has 5 fully saturated rings. The van der Waals surface area contributed by atoms with Crippen LogP contribution in [0, 0.1) is 22.7 Å². The number of nitriles is 1. The number of ether oxygens (including phenoxy) is 1. The van der Waals surface area contributed by atoms with Crippen LogP contribution in [0.2, 0.25) is 5.02 Å². The van der Waals surface area contributed by atoms with Crippen molar-refractivity contribution in [2.75, 3.05) is 50.7 Å². The van der Waals surface area contributed by atoms with Gasteiger partial charge in [-0.3, -0.25) is 9.69 Å². The summed E-state index contributed by atoms with van der Waals surface area (Å²) in [5, 5.41) is 13.0. The predicted octanol–water partition coefficient (Wildman–Crippen LogP) is 4.55. The normalized spacial score (nSPS) is 30.1. The van der Waals surface area contributed by atoms with Gasteiger partial charge in [0, 0.05) is 74.0 Å². The number of carbonyl (C=O) groups is 1. The standard InChI is InChI=1S/C32H38ClN5O2/c33-28-17-26(6-3-24(28)20-34)40-27-18-30-32(19-27)10-7-29(32)38(30)31(39)23-1-4-25(5-2-23)37-15-13-36(14-16-37)21-22-8-11-35-12-9-22/h1-6,17,22,27,29-30,35H,7-16,18-19,21H2. The average molecular weight is 560 g/mol. The molecule has 3 heterocycles. The van der Waals surface area contributed by atoms with Crippen LogP contribution in [0.3, 0.4) is 0 Å². The number of carbonyl (C=O) groups excluding carboxylic acids is 1. The molecular weight excluding hydrogens is 522 g/mol. The molecule has 0 aromatic heterocycles. The average Bonchev–Trinajstić information content (AvgIpc) is 3.34. The van der Waals surface area contributed by atoms with Crippen LogP contribution in [0.15, 0.2) is 42.5 Å². The van der Waals surface area contributed by atoms with E-state index in [1.165, 1.54) is 31.5 Å². The van der Waals surface area contributed by atoms with Crippen molar-refractivity contribution < 1.29 is 9.53 Å². The molecular formula is C32H38ClN5O2. The van der Waals surface area contributed by atoms with Crippen LogP contribution in [-0.4, -0.2) is 79.7 Å². The van der Waals surface area contributed by atoms with Crippen molar-refractivity contribution in [1.82, 2.24) is 15.1 Å². The summed E-state index contributed by atoms with van der Waals surface area (Å²) in [5.74, 6) is 1.69. The van der Waals surface area contributed by atoms with E-state index < -0.39 is 0 Å². The third kappa shape index (κ3) is 4.55. The van der Waals surface area contributed by atoms with Crippen LogP contribution >= 0.6 is 11.6 Å². The number of piperazine rings is 1. The van der Waals surface area contributed by atoms with Gasteiger partial charge in [0.1, 0.15) is 17.9 Å². The van der Waals surface area contributed by atoms with E-state index in [1.54, 1.807) is 12.1 Å². The summed E-state index contributed by atoms with van der Waals surface area (Å²) < 4.78 is 6.31. The SMILES string of the molecule is N#Cc1ccc(OC2CC3N(C(=O)c4ccc(N5CCN(CC6CCNCC6)CC5)cc4)C4CCC43C2)cc1Cl. The Labute approximate surface area is 242 Å². The summed E-state index contributed by atoms with van der Waals surface area (Å²) in [7, 11) is 0.